The fraction of sp³-hybridized carbons (Fsp3) is 0.333. The van der Waals surface area contributed by atoms with Crippen LogP contribution in [-0.4, -0.2) is 4.21 Å². The Kier molecular flexibility index (Phi) is 3.96. The minimum atomic E-state index is -1.16. The van der Waals surface area contributed by atoms with E-state index in [1.165, 1.54) is 16.7 Å². The van der Waals surface area contributed by atoms with Gasteiger partial charge in [-0.05, 0) is 55.9 Å². The summed E-state index contributed by atoms with van der Waals surface area (Å²) in [5.41, 5.74) is 6.10. The first kappa shape index (κ1) is 14.5. The van der Waals surface area contributed by atoms with Gasteiger partial charge < -0.3 is 0 Å². The molecule has 2 nitrogen and oxygen atoms in total. The zero-order valence-electron chi connectivity index (χ0n) is 12.8. The highest BCUT2D eigenvalue weighted by atomic mass is 32.2. The third kappa shape index (κ3) is 2.81. The SMILES string of the molecule is Cc1cc(C)c(S(=O)N[C@@H]2CCc3ccccc32)c(C)c1. The van der Waals surface area contributed by atoms with Crippen LogP contribution in [0.1, 0.15) is 40.3 Å². The van der Waals surface area contributed by atoms with Gasteiger partial charge in [-0.1, -0.05) is 42.0 Å². The molecule has 1 aliphatic carbocycles. The maximum absolute atomic E-state index is 12.8. The van der Waals surface area contributed by atoms with Crippen molar-refractivity contribution in [2.45, 2.75) is 44.6 Å². The molecule has 3 heteroatoms. The van der Waals surface area contributed by atoms with Crippen LogP contribution in [0.2, 0.25) is 0 Å². The van der Waals surface area contributed by atoms with E-state index in [4.69, 9.17) is 0 Å². The lowest BCUT2D eigenvalue weighted by molar-refractivity contribution is 0.621. The molecule has 0 spiro atoms. The van der Waals surface area contributed by atoms with Crippen molar-refractivity contribution in [1.82, 2.24) is 4.72 Å². The summed E-state index contributed by atoms with van der Waals surface area (Å²) in [6.45, 7) is 6.16. The molecule has 1 N–H and O–H groups in total. The number of fused-ring (bicyclic) bond motifs is 1. The average molecular weight is 299 g/mol. The number of hydrogen-bond acceptors (Lipinski definition) is 1. The molecule has 0 saturated carbocycles. The third-order valence-electron chi connectivity index (χ3n) is 4.17. The Morgan fingerprint density at radius 1 is 1.10 bits per heavy atom. The molecule has 0 heterocycles. The minimum Gasteiger partial charge on any atom is -0.237 e. The lowest BCUT2D eigenvalue weighted by Gasteiger charge is -2.16. The highest BCUT2D eigenvalue weighted by molar-refractivity contribution is 7.83. The molecule has 0 aromatic heterocycles. The summed E-state index contributed by atoms with van der Waals surface area (Å²) in [6, 6.07) is 12.8. The molecule has 1 aliphatic rings. The standard InChI is InChI=1S/C18H21NOS/c1-12-10-13(2)18(14(3)11-12)21(20)19-17-9-8-15-6-4-5-7-16(15)17/h4-7,10-11,17,19H,8-9H2,1-3H3/t17-,21?/m1/s1. The zero-order valence-corrected chi connectivity index (χ0v) is 13.6. The van der Waals surface area contributed by atoms with E-state index in [1.807, 2.05) is 13.8 Å². The van der Waals surface area contributed by atoms with Gasteiger partial charge in [0.25, 0.3) is 0 Å². The topological polar surface area (TPSA) is 29.1 Å². The van der Waals surface area contributed by atoms with Crippen LogP contribution in [0.15, 0.2) is 41.3 Å². The van der Waals surface area contributed by atoms with Crippen LogP contribution >= 0.6 is 0 Å². The maximum Gasteiger partial charge on any atom is 0.126 e. The summed E-state index contributed by atoms with van der Waals surface area (Å²) >= 11 is 0. The van der Waals surface area contributed by atoms with Crippen molar-refractivity contribution in [2.24, 2.45) is 0 Å². The van der Waals surface area contributed by atoms with Gasteiger partial charge >= 0.3 is 0 Å². The Balaban J connectivity index is 1.86. The molecule has 2 aromatic rings. The molecule has 110 valence electrons. The van der Waals surface area contributed by atoms with Gasteiger partial charge in [-0.3, -0.25) is 0 Å². The van der Waals surface area contributed by atoms with Crippen LogP contribution in [0, 0.1) is 20.8 Å². The summed E-state index contributed by atoms with van der Waals surface area (Å²) in [7, 11) is -1.16. The van der Waals surface area contributed by atoms with Crippen LogP contribution in [0.4, 0.5) is 0 Å². The molecular weight excluding hydrogens is 278 g/mol. The molecule has 2 atom stereocenters. The average Bonchev–Trinajstić information content (AvgIpc) is 2.81. The van der Waals surface area contributed by atoms with Crippen molar-refractivity contribution in [3.05, 3.63) is 64.2 Å². The normalized spacial score (nSPS) is 18.5. The summed E-state index contributed by atoms with van der Waals surface area (Å²) < 4.78 is 16.1. The molecule has 0 amide bonds. The van der Waals surface area contributed by atoms with Crippen LogP contribution in [0.5, 0.6) is 0 Å². The second kappa shape index (κ2) is 5.74. The first-order valence-electron chi connectivity index (χ1n) is 7.40. The zero-order chi connectivity index (χ0) is 15.0. The summed E-state index contributed by atoms with van der Waals surface area (Å²) in [5.74, 6) is 0. The molecule has 21 heavy (non-hydrogen) atoms. The van der Waals surface area contributed by atoms with E-state index in [1.54, 1.807) is 0 Å². The number of benzene rings is 2. The van der Waals surface area contributed by atoms with Crippen molar-refractivity contribution in [1.29, 1.82) is 0 Å². The fourth-order valence-electron chi connectivity index (χ4n) is 3.33. The summed E-state index contributed by atoms with van der Waals surface area (Å²) in [6.07, 6.45) is 2.09. The van der Waals surface area contributed by atoms with E-state index in [2.05, 4.69) is 48.0 Å². The Hall–Kier alpha value is -1.45. The van der Waals surface area contributed by atoms with Gasteiger partial charge in [-0.15, -0.1) is 0 Å². The molecule has 0 saturated heterocycles. The van der Waals surface area contributed by atoms with Gasteiger partial charge in [0.2, 0.25) is 0 Å². The predicted octanol–water partition coefficient (Wildman–Crippen LogP) is 3.91. The second-order valence-electron chi connectivity index (χ2n) is 5.90. The van der Waals surface area contributed by atoms with Crippen LogP contribution in [-0.2, 0) is 17.4 Å². The monoisotopic (exact) mass is 299 g/mol. The molecule has 0 bridgehead atoms. The summed E-state index contributed by atoms with van der Waals surface area (Å²) in [5, 5.41) is 0. The number of hydrogen-bond donors (Lipinski definition) is 1. The van der Waals surface area contributed by atoms with E-state index in [-0.39, 0.29) is 6.04 Å². The third-order valence-corrected chi connectivity index (χ3v) is 5.69. The van der Waals surface area contributed by atoms with E-state index >= 15 is 0 Å². The van der Waals surface area contributed by atoms with Crippen LogP contribution < -0.4 is 4.72 Å². The highest BCUT2D eigenvalue weighted by Crippen LogP contribution is 2.32. The highest BCUT2D eigenvalue weighted by Gasteiger charge is 2.24. The van der Waals surface area contributed by atoms with Crippen molar-refractivity contribution in [3.63, 3.8) is 0 Å². The Labute approximate surface area is 129 Å². The van der Waals surface area contributed by atoms with Gasteiger partial charge in [0.15, 0.2) is 0 Å². The van der Waals surface area contributed by atoms with Gasteiger partial charge in [0.1, 0.15) is 11.0 Å². The molecule has 0 aliphatic heterocycles. The lowest BCUT2D eigenvalue weighted by atomic mass is 10.1. The smallest absolute Gasteiger partial charge is 0.126 e. The largest absolute Gasteiger partial charge is 0.237 e. The van der Waals surface area contributed by atoms with Crippen LogP contribution in [0.3, 0.4) is 0 Å². The van der Waals surface area contributed by atoms with Gasteiger partial charge in [0.05, 0.1) is 4.90 Å². The number of nitrogens with one attached hydrogen (secondary N) is 1. The Morgan fingerprint density at radius 2 is 1.76 bits per heavy atom. The van der Waals surface area contributed by atoms with Crippen molar-refractivity contribution in [3.8, 4) is 0 Å². The molecule has 0 fully saturated rings. The van der Waals surface area contributed by atoms with E-state index in [0.29, 0.717) is 0 Å². The van der Waals surface area contributed by atoms with Crippen molar-refractivity contribution >= 4 is 11.0 Å². The molecular formula is C18H21NOS. The second-order valence-corrected chi connectivity index (χ2v) is 7.09. The Bertz CT molecular complexity index is 685. The van der Waals surface area contributed by atoms with E-state index in [0.717, 1.165) is 28.9 Å². The number of rotatable bonds is 3. The maximum atomic E-state index is 12.8. The van der Waals surface area contributed by atoms with Gasteiger partial charge in [0, 0.05) is 6.04 Å². The molecule has 2 aromatic carbocycles. The molecule has 1 unspecified atom stereocenters. The molecule has 3 rings (SSSR count). The summed E-state index contributed by atoms with van der Waals surface area (Å²) in [4.78, 5) is 0.935. The predicted molar refractivity (Wildman–Crippen MR) is 87.7 cm³/mol. The van der Waals surface area contributed by atoms with Crippen LogP contribution in [0.25, 0.3) is 0 Å². The first-order chi connectivity index (χ1) is 10.1. The van der Waals surface area contributed by atoms with E-state index in [9.17, 15) is 4.21 Å². The quantitative estimate of drug-likeness (QED) is 0.914. The van der Waals surface area contributed by atoms with E-state index < -0.39 is 11.0 Å². The van der Waals surface area contributed by atoms with Gasteiger partial charge in [-0.2, -0.15) is 0 Å². The number of aryl methyl sites for hydroxylation is 4. The lowest BCUT2D eigenvalue weighted by Crippen LogP contribution is -2.23. The first-order valence-corrected chi connectivity index (χ1v) is 8.55. The minimum absolute atomic E-state index is 0.196. The van der Waals surface area contributed by atoms with Crippen molar-refractivity contribution < 1.29 is 4.21 Å². The Morgan fingerprint density at radius 3 is 2.48 bits per heavy atom. The van der Waals surface area contributed by atoms with Gasteiger partial charge in [-0.25, -0.2) is 8.93 Å². The fourth-order valence-corrected chi connectivity index (χ4v) is 4.65. The van der Waals surface area contributed by atoms with Crippen molar-refractivity contribution in [2.75, 3.05) is 0 Å². The molecule has 0 radical (unpaired) electrons.